The quantitative estimate of drug-likeness (QED) is 0.947. The molecular weight excluding hydrogens is 292 g/mol. The van der Waals surface area contributed by atoms with Gasteiger partial charge in [-0.15, -0.1) is 11.3 Å². The molecule has 0 bridgehead atoms. The third-order valence-corrected chi connectivity index (χ3v) is 5.92. The summed E-state index contributed by atoms with van der Waals surface area (Å²) >= 11 is 1.63. The highest BCUT2D eigenvalue weighted by Crippen LogP contribution is 2.25. The number of benzene rings is 1. The van der Waals surface area contributed by atoms with Crippen molar-refractivity contribution in [2.24, 2.45) is 0 Å². The van der Waals surface area contributed by atoms with Gasteiger partial charge in [-0.05, 0) is 25.5 Å². The molecule has 6 heteroatoms. The number of rotatable bonds is 3. The van der Waals surface area contributed by atoms with E-state index < -0.39 is 9.84 Å². The van der Waals surface area contributed by atoms with E-state index in [9.17, 15) is 8.42 Å². The number of aromatic nitrogens is 1. The Hall–Kier alpha value is -1.40. The summed E-state index contributed by atoms with van der Waals surface area (Å²) < 4.78 is 22.9. The van der Waals surface area contributed by atoms with E-state index in [0.29, 0.717) is 6.42 Å². The Labute approximate surface area is 122 Å². The maximum atomic E-state index is 11.5. The number of sulfone groups is 1. The van der Waals surface area contributed by atoms with Gasteiger partial charge in [0, 0.05) is 22.7 Å². The van der Waals surface area contributed by atoms with E-state index >= 15 is 0 Å². The van der Waals surface area contributed by atoms with Crippen molar-refractivity contribution in [3.63, 3.8) is 0 Å². The highest BCUT2D eigenvalue weighted by Gasteiger charge is 2.27. The van der Waals surface area contributed by atoms with Crippen molar-refractivity contribution in [3.05, 3.63) is 34.7 Å². The van der Waals surface area contributed by atoms with Crippen molar-refractivity contribution < 1.29 is 8.42 Å². The fourth-order valence-corrected chi connectivity index (χ4v) is 4.70. The molecule has 1 aromatic carbocycles. The van der Waals surface area contributed by atoms with Crippen LogP contribution in [0.15, 0.2) is 29.6 Å². The SMILES string of the molecule is Cc1nc(-c2cccc(NC3CCS(=O)(=O)C3)c2)cs1. The van der Waals surface area contributed by atoms with Crippen molar-refractivity contribution >= 4 is 26.9 Å². The topological polar surface area (TPSA) is 59.1 Å². The molecule has 1 aromatic heterocycles. The monoisotopic (exact) mass is 308 g/mol. The second kappa shape index (κ2) is 5.18. The molecule has 2 aromatic rings. The average Bonchev–Trinajstić information content (AvgIpc) is 2.96. The standard InChI is InChI=1S/C14H16N2O2S2/c1-10-15-14(8-19-10)11-3-2-4-12(7-11)16-13-5-6-20(17,18)9-13/h2-4,7-8,13,16H,5-6,9H2,1H3. The highest BCUT2D eigenvalue weighted by molar-refractivity contribution is 7.91. The smallest absolute Gasteiger partial charge is 0.152 e. The van der Waals surface area contributed by atoms with Crippen LogP contribution in [0.1, 0.15) is 11.4 Å². The van der Waals surface area contributed by atoms with Gasteiger partial charge in [0.2, 0.25) is 0 Å². The van der Waals surface area contributed by atoms with Gasteiger partial charge >= 0.3 is 0 Å². The first kappa shape index (κ1) is 13.6. The summed E-state index contributed by atoms with van der Waals surface area (Å²) in [4.78, 5) is 4.47. The zero-order valence-corrected chi connectivity index (χ0v) is 12.8. The first-order valence-electron chi connectivity index (χ1n) is 6.51. The molecule has 1 aliphatic rings. The highest BCUT2D eigenvalue weighted by atomic mass is 32.2. The lowest BCUT2D eigenvalue weighted by atomic mass is 10.1. The van der Waals surface area contributed by atoms with E-state index in [0.717, 1.165) is 22.0 Å². The van der Waals surface area contributed by atoms with E-state index in [1.807, 2.05) is 36.6 Å². The van der Waals surface area contributed by atoms with Crippen LogP contribution in [0.4, 0.5) is 5.69 Å². The summed E-state index contributed by atoms with van der Waals surface area (Å²) in [5.41, 5.74) is 2.98. The van der Waals surface area contributed by atoms with Crippen molar-refractivity contribution in [1.82, 2.24) is 4.98 Å². The number of nitrogens with one attached hydrogen (secondary N) is 1. The van der Waals surface area contributed by atoms with Crippen LogP contribution in [0.3, 0.4) is 0 Å². The number of nitrogens with zero attached hydrogens (tertiary/aromatic N) is 1. The van der Waals surface area contributed by atoms with E-state index in [2.05, 4.69) is 10.3 Å². The Bertz CT molecular complexity index is 722. The lowest BCUT2D eigenvalue weighted by molar-refractivity contribution is 0.602. The second-order valence-corrected chi connectivity index (χ2v) is 8.37. The maximum Gasteiger partial charge on any atom is 0.152 e. The fourth-order valence-electron chi connectivity index (χ4n) is 2.41. The van der Waals surface area contributed by atoms with Crippen LogP contribution in [-0.2, 0) is 9.84 Å². The largest absolute Gasteiger partial charge is 0.381 e. The number of aryl methyl sites for hydroxylation is 1. The van der Waals surface area contributed by atoms with Gasteiger partial charge in [-0.2, -0.15) is 0 Å². The van der Waals surface area contributed by atoms with Crippen molar-refractivity contribution in [3.8, 4) is 11.3 Å². The van der Waals surface area contributed by atoms with Gasteiger partial charge in [0.25, 0.3) is 0 Å². The molecule has 0 radical (unpaired) electrons. The van der Waals surface area contributed by atoms with Crippen LogP contribution in [0.2, 0.25) is 0 Å². The van der Waals surface area contributed by atoms with E-state index in [1.54, 1.807) is 11.3 Å². The van der Waals surface area contributed by atoms with Gasteiger partial charge in [0.15, 0.2) is 9.84 Å². The minimum Gasteiger partial charge on any atom is -0.381 e. The molecule has 1 aliphatic heterocycles. The Kier molecular flexibility index (Phi) is 3.52. The van der Waals surface area contributed by atoms with E-state index in [1.165, 1.54) is 0 Å². The number of thiazole rings is 1. The predicted octanol–water partition coefficient (Wildman–Crippen LogP) is 2.72. The minimum atomic E-state index is -2.85. The molecule has 3 rings (SSSR count). The van der Waals surface area contributed by atoms with Gasteiger partial charge in [-0.25, -0.2) is 13.4 Å². The van der Waals surface area contributed by atoms with Crippen LogP contribution in [0.25, 0.3) is 11.3 Å². The van der Waals surface area contributed by atoms with E-state index in [4.69, 9.17) is 0 Å². The summed E-state index contributed by atoms with van der Waals surface area (Å²) in [6, 6.07) is 8.00. The molecule has 0 amide bonds. The van der Waals surface area contributed by atoms with Crippen LogP contribution >= 0.6 is 11.3 Å². The molecule has 20 heavy (non-hydrogen) atoms. The summed E-state index contributed by atoms with van der Waals surface area (Å²) in [6.07, 6.45) is 0.683. The first-order chi connectivity index (χ1) is 9.52. The lowest BCUT2D eigenvalue weighted by Gasteiger charge is -2.13. The molecule has 1 saturated heterocycles. The van der Waals surface area contributed by atoms with Gasteiger partial charge in [-0.3, -0.25) is 0 Å². The van der Waals surface area contributed by atoms with Crippen LogP contribution in [-0.4, -0.2) is 30.9 Å². The van der Waals surface area contributed by atoms with E-state index in [-0.39, 0.29) is 17.5 Å². The third-order valence-electron chi connectivity index (χ3n) is 3.38. The summed E-state index contributed by atoms with van der Waals surface area (Å²) in [5, 5.41) is 6.39. The first-order valence-corrected chi connectivity index (χ1v) is 9.21. The molecule has 1 fully saturated rings. The molecule has 4 nitrogen and oxygen atoms in total. The lowest BCUT2D eigenvalue weighted by Crippen LogP contribution is -2.20. The van der Waals surface area contributed by atoms with Gasteiger partial charge < -0.3 is 5.32 Å². The number of hydrogen-bond acceptors (Lipinski definition) is 5. The zero-order valence-electron chi connectivity index (χ0n) is 11.2. The second-order valence-electron chi connectivity index (χ2n) is 5.08. The van der Waals surface area contributed by atoms with Crippen LogP contribution < -0.4 is 5.32 Å². The van der Waals surface area contributed by atoms with Crippen molar-refractivity contribution in [2.45, 2.75) is 19.4 Å². The number of anilines is 1. The molecule has 0 saturated carbocycles. The zero-order chi connectivity index (χ0) is 14.2. The minimum absolute atomic E-state index is 0.0208. The number of hydrogen-bond donors (Lipinski definition) is 1. The molecule has 1 N–H and O–H groups in total. The molecule has 0 aliphatic carbocycles. The third kappa shape index (κ3) is 3.02. The Morgan fingerprint density at radius 3 is 2.90 bits per heavy atom. The van der Waals surface area contributed by atoms with Crippen molar-refractivity contribution in [1.29, 1.82) is 0 Å². The summed E-state index contributed by atoms with van der Waals surface area (Å²) in [6.45, 7) is 1.99. The molecule has 106 valence electrons. The Morgan fingerprint density at radius 1 is 1.40 bits per heavy atom. The fraction of sp³-hybridized carbons (Fsp3) is 0.357. The van der Waals surface area contributed by atoms with Crippen LogP contribution in [0.5, 0.6) is 0 Å². The normalized spacial score (nSPS) is 20.9. The van der Waals surface area contributed by atoms with Gasteiger partial charge in [0.1, 0.15) is 0 Å². The average molecular weight is 308 g/mol. The summed E-state index contributed by atoms with van der Waals surface area (Å²) in [5.74, 6) is 0.517. The summed E-state index contributed by atoms with van der Waals surface area (Å²) in [7, 11) is -2.85. The molecule has 0 spiro atoms. The van der Waals surface area contributed by atoms with Gasteiger partial charge in [-0.1, -0.05) is 12.1 Å². The molecule has 2 heterocycles. The molecule has 1 atom stereocenters. The van der Waals surface area contributed by atoms with Crippen molar-refractivity contribution in [2.75, 3.05) is 16.8 Å². The predicted molar refractivity (Wildman–Crippen MR) is 83.0 cm³/mol. The van der Waals surface area contributed by atoms with Crippen LogP contribution in [0, 0.1) is 6.92 Å². The molecule has 1 unspecified atom stereocenters. The van der Waals surface area contributed by atoms with Gasteiger partial charge in [0.05, 0.1) is 22.2 Å². The Balaban J connectivity index is 1.78. The maximum absolute atomic E-state index is 11.5. The Morgan fingerprint density at radius 2 is 2.25 bits per heavy atom. The molecular formula is C14H16N2O2S2.